The van der Waals surface area contributed by atoms with Crippen LogP contribution in [0.25, 0.3) is 0 Å². The number of aliphatic hydroxyl groups excluding tert-OH is 2. The maximum Gasteiger partial charge on any atom is 0.0938 e. The lowest BCUT2D eigenvalue weighted by Gasteiger charge is -2.30. The van der Waals surface area contributed by atoms with Crippen LogP contribution >= 0.6 is 0 Å². The normalized spacial score (nSPS) is 14.5. The van der Waals surface area contributed by atoms with Gasteiger partial charge in [-0.3, -0.25) is 0 Å². The topological polar surface area (TPSA) is 46.9 Å². The fraction of sp³-hybridized carbons (Fsp3) is 1.00. The molecule has 0 aromatic rings. The second kappa shape index (κ2) is 16.3. The van der Waals surface area contributed by atoms with Gasteiger partial charge in [0.05, 0.1) is 12.2 Å². The number of rotatable bonds is 17. The molecule has 0 fully saturated rings. The van der Waals surface area contributed by atoms with E-state index >= 15 is 0 Å². The van der Waals surface area contributed by atoms with Gasteiger partial charge in [-0.05, 0) is 51.9 Å². The van der Waals surface area contributed by atoms with Crippen LogP contribution in [0.2, 0.25) is 0 Å². The van der Waals surface area contributed by atoms with Crippen molar-refractivity contribution in [1.29, 1.82) is 0 Å². The molecular weight excluding hydrogens is 300 g/mol. The fourth-order valence-corrected chi connectivity index (χ4v) is 2.89. The molecule has 0 aliphatic rings. The highest BCUT2D eigenvalue weighted by Gasteiger charge is 2.21. The summed E-state index contributed by atoms with van der Waals surface area (Å²) in [5.74, 6) is 0. The molecule has 0 spiro atoms. The monoisotopic (exact) mass is 344 g/mol. The van der Waals surface area contributed by atoms with Crippen LogP contribution in [-0.4, -0.2) is 71.5 Å². The number of nitrogens with zero attached hydrogens (tertiary/aromatic N) is 2. The first kappa shape index (κ1) is 23.8. The zero-order valence-electron chi connectivity index (χ0n) is 16.8. The molecule has 0 aromatic heterocycles. The predicted octanol–water partition coefficient (Wildman–Crippen LogP) is 3.51. The summed E-state index contributed by atoms with van der Waals surface area (Å²) in [5.41, 5.74) is 0. The first-order valence-electron chi connectivity index (χ1n) is 10.4. The van der Waals surface area contributed by atoms with E-state index in [4.69, 9.17) is 0 Å². The highest BCUT2D eigenvalue weighted by atomic mass is 16.3. The number of aliphatic hydroxyl groups is 2. The van der Waals surface area contributed by atoms with Crippen LogP contribution in [0.4, 0.5) is 0 Å². The lowest BCUT2D eigenvalue weighted by molar-refractivity contribution is -0.0202. The maximum absolute atomic E-state index is 10.5. The van der Waals surface area contributed by atoms with Gasteiger partial charge in [0, 0.05) is 13.1 Å². The predicted molar refractivity (Wildman–Crippen MR) is 105 cm³/mol. The van der Waals surface area contributed by atoms with Gasteiger partial charge in [0.2, 0.25) is 0 Å². The van der Waals surface area contributed by atoms with E-state index in [9.17, 15) is 10.2 Å². The van der Waals surface area contributed by atoms with Crippen molar-refractivity contribution in [2.75, 3.05) is 39.3 Å². The summed E-state index contributed by atoms with van der Waals surface area (Å²) in [5, 5.41) is 20.9. The average molecular weight is 345 g/mol. The molecule has 0 amide bonds. The summed E-state index contributed by atoms with van der Waals surface area (Å²) < 4.78 is 0. The Balaban J connectivity index is 4.40. The van der Waals surface area contributed by atoms with E-state index in [1.807, 2.05) is 0 Å². The molecule has 0 saturated heterocycles. The molecule has 0 aromatic carbocycles. The van der Waals surface area contributed by atoms with Crippen molar-refractivity contribution in [3.05, 3.63) is 0 Å². The van der Waals surface area contributed by atoms with E-state index in [1.54, 1.807) is 0 Å². The van der Waals surface area contributed by atoms with Gasteiger partial charge in [-0.1, -0.05) is 53.4 Å². The molecule has 0 saturated carbocycles. The summed E-state index contributed by atoms with van der Waals surface area (Å²) in [6.45, 7) is 14.1. The molecule has 4 heteroatoms. The van der Waals surface area contributed by atoms with E-state index in [-0.39, 0.29) is 0 Å². The van der Waals surface area contributed by atoms with Crippen molar-refractivity contribution >= 4 is 0 Å². The van der Waals surface area contributed by atoms with Crippen LogP contribution in [0.15, 0.2) is 0 Å². The second-order valence-corrected chi connectivity index (χ2v) is 7.15. The zero-order valence-corrected chi connectivity index (χ0v) is 16.8. The lowest BCUT2D eigenvalue weighted by atomic mass is 10.1. The van der Waals surface area contributed by atoms with Crippen molar-refractivity contribution in [2.24, 2.45) is 0 Å². The molecular formula is C20H44N2O2. The molecule has 146 valence electrons. The van der Waals surface area contributed by atoms with Gasteiger partial charge in [0.15, 0.2) is 0 Å². The Kier molecular flexibility index (Phi) is 16.2. The third-order valence-corrected chi connectivity index (χ3v) is 4.65. The highest BCUT2D eigenvalue weighted by molar-refractivity contribution is 4.76. The van der Waals surface area contributed by atoms with Gasteiger partial charge in [0.1, 0.15) is 0 Å². The van der Waals surface area contributed by atoms with Crippen molar-refractivity contribution < 1.29 is 10.2 Å². The van der Waals surface area contributed by atoms with Crippen molar-refractivity contribution in [3.63, 3.8) is 0 Å². The minimum absolute atomic E-state index is 0.594. The van der Waals surface area contributed by atoms with Crippen LogP contribution in [0, 0.1) is 0 Å². The standard InChI is InChI=1S/C20H44N2O2/c1-5-9-13-21(14-10-6-2)17-19(23)20(24)18-22(15-11-7-3)16-12-8-4/h19-20,23-24H,5-18H2,1-4H3/t19-,20-/m0/s1. The number of unbranched alkanes of at least 4 members (excludes halogenated alkanes) is 4. The van der Waals surface area contributed by atoms with E-state index in [1.165, 1.54) is 25.7 Å². The zero-order chi connectivity index (χ0) is 18.2. The minimum atomic E-state index is -0.649. The molecule has 0 aliphatic carbocycles. The van der Waals surface area contributed by atoms with E-state index in [0.717, 1.165) is 51.9 Å². The molecule has 0 radical (unpaired) electrons. The minimum Gasteiger partial charge on any atom is -0.389 e. The Labute approximate surface area is 151 Å². The lowest BCUT2D eigenvalue weighted by Crippen LogP contribution is -2.45. The molecule has 0 rings (SSSR count). The highest BCUT2D eigenvalue weighted by Crippen LogP contribution is 2.07. The molecule has 2 N–H and O–H groups in total. The van der Waals surface area contributed by atoms with Gasteiger partial charge in [-0.2, -0.15) is 0 Å². The number of hydrogen-bond donors (Lipinski definition) is 2. The van der Waals surface area contributed by atoms with Crippen LogP contribution in [-0.2, 0) is 0 Å². The first-order chi connectivity index (χ1) is 11.6. The van der Waals surface area contributed by atoms with Crippen LogP contribution < -0.4 is 0 Å². The van der Waals surface area contributed by atoms with Gasteiger partial charge in [-0.25, -0.2) is 0 Å². The van der Waals surface area contributed by atoms with E-state index < -0.39 is 12.2 Å². The molecule has 24 heavy (non-hydrogen) atoms. The maximum atomic E-state index is 10.5. The third kappa shape index (κ3) is 12.2. The first-order valence-corrected chi connectivity index (χ1v) is 10.4. The summed E-state index contributed by atoms with van der Waals surface area (Å²) in [4.78, 5) is 4.65. The molecule has 2 atom stereocenters. The van der Waals surface area contributed by atoms with Crippen molar-refractivity contribution in [3.8, 4) is 0 Å². The van der Waals surface area contributed by atoms with E-state index in [0.29, 0.717) is 13.1 Å². The van der Waals surface area contributed by atoms with Crippen LogP contribution in [0.3, 0.4) is 0 Å². The summed E-state index contributed by atoms with van der Waals surface area (Å²) in [6.07, 6.45) is 8.02. The van der Waals surface area contributed by atoms with Gasteiger partial charge in [0.25, 0.3) is 0 Å². The SMILES string of the molecule is CCCCN(CCCC)C[C@H](O)[C@@H](O)CN(CCCC)CCCC. The van der Waals surface area contributed by atoms with Crippen molar-refractivity contribution in [2.45, 2.75) is 91.3 Å². The smallest absolute Gasteiger partial charge is 0.0938 e. The summed E-state index contributed by atoms with van der Waals surface area (Å²) >= 11 is 0. The molecule has 0 unspecified atom stereocenters. The second-order valence-electron chi connectivity index (χ2n) is 7.15. The molecule has 0 bridgehead atoms. The average Bonchev–Trinajstić information content (AvgIpc) is 2.59. The Bertz CT molecular complexity index is 222. The summed E-state index contributed by atoms with van der Waals surface area (Å²) in [7, 11) is 0. The summed E-state index contributed by atoms with van der Waals surface area (Å²) in [6, 6.07) is 0. The Morgan fingerprint density at radius 3 is 1.00 bits per heavy atom. The van der Waals surface area contributed by atoms with Crippen LogP contribution in [0.5, 0.6) is 0 Å². The largest absolute Gasteiger partial charge is 0.389 e. The Morgan fingerprint density at radius 2 is 0.792 bits per heavy atom. The van der Waals surface area contributed by atoms with Crippen molar-refractivity contribution in [1.82, 2.24) is 9.80 Å². The molecule has 4 nitrogen and oxygen atoms in total. The van der Waals surface area contributed by atoms with Gasteiger partial charge >= 0.3 is 0 Å². The molecule has 0 aliphatic heterocycles. The Hall–Kier alpha value is -0.160. The number of hydrogen-bond acceptors (Lipinski definition) is 4. The Morgan fingerprint density at radius 1 is 0.542 bits per heavy atom. The quantitative estimate of drug-likeness (QED) is 0.424. The van der Waals surface area contributed by atoms with Gasteiger partial charge in [-0.15, -0.1) is 0 Å². The third-order valence-electron chi connectivity index (χ3n) is 4.65. The van der Waals surface area contributed by atoms with E-state index in [2.05, 4.69) is 37.5 Å². The molecule has 0 heterocycles. The van der Waals surface area contributed by atoms with Gasteiger partial charge < -0.3 is 20.0 Å². The van der Waals surface area contributed by atoms with Crippen LogP contribution in [0.1, 0.15) is 79.1 Å². The fourth-order valence-electron chi connectivity index (χ4n) is 2.89.